The number of aromatic nitrogens is 1. The molecule has 0 fully saturated rings. The maximum Gasteiger partial charge on any atom is 0.349 e. The van der Waals surface area contributed by atoms with Crippen molar-refractivity contribution in [3.05, 3.63) is 11.1 Å². The fraction of sp³-hybridized carbons (Fsp3) is 0.600. The number of anilines is 1. The van der Waals surface area contributed by atoms with Crippen LogP contribution in [0.5, 0.6) is 0 Å². The molecule has 7 nitrogen and oxygen atoms in total. The maximum absolute atomic E-state index is 12.1. The number of rotatable bonds is 8. The van der Waals surface area contributed by atoms with Gasteiger partial charge in [-0.05, 0) is 13.8 Å². The van der Waals surface area contributed by atoms with Gasteiger partial charge in [-0.2, -0.15) is 0 Å². The van der Waals surface area contributed by atoms with Crippen molar-refractivity contribution in [2.45, 2.75) is 13.8 Å². The molecule has 0 aliphatic heterocycles. The zero-order valence-corrected chi connectivity index (χ0v) is 12.8. The molecule has 0 unspecified atom stereocenters. The Morgan fingerprint density at radius 1 is 1.42 bits per heavy atom. The molecule has 0 bridgehead atoms. The second kappa shape index (κ2) is 7.59. The van der Waals surface area contributed by atoms with Crippen molar-refractivity contribution < 1.29 is 18.4 Å². The van der Waals surface area contributed by atoms with Gasteiger partial charge in [0.15, 0.2) is 5.13 Å². The number of amides is 1. The molecule has 0 atom stereocenters. The second-order valence-electron chi connectivity index (χ2n) is 3.40. The fourth-order valence-corrected chi connectivity index (χ4v) is 3.31. The maximum atomic E-state index is 12.1. The Hall–Kier alpha value is -0.950. The van der Waals surface area contributed by atoms with Crippen molar-refractivity contribution in [3.63, 3.8) is 0 Å². The Morgan fingerprint density at radius 2 is 2.05 bits per heavy atom. The average molecular weight is 307 g/mol. The molecule has 9 heteroatoms. The molecule has 0 saturated heterocycles. The first-order chi connectivity index (χ1) is 9.04. The van der Waals surface area contributed by atoms with Crippen LogP contribution in [-0.4, -0.2) is 37.4 Å². The third-order valence-corrected chi connectivity index (χ3v) is 4.74. The van der Waals surface area contributed by atoms with E-state index in [1.165, 1.54) is 11.3 Å². The Labute approximate surface area is 116 Å². The van der Waals surface area contributed by atoms with Gasteiger partial charge >= 0.3 is 7.60 Å². The molecule has 0 aliphatic rings. The third-order valence-electron chi connectivity index (χ3n) is 2.04. The van der Waals surface area contributed by atoms with E-state index >= 15 is 0 Å². The zero-order chi connectivity index (χ0) is 14.3. The normalized spacial score (nSPS) is 11.3. The SMILES string of the molecule is CCOP(=O)(CNC(=O)c1csc(NC)n1)OCC. The van der Waals surface area contributed by atoms with E-state index < -0.39 is 13.5 Å². The highest BCUT2D eigenvalue weighted by molar-refractivity contribution is 7.53. The van der Waals surface area contributed by atoms with E-state index in [9.17, 15) is 9.36 Å². The van der Waals surface area contributed by atoms with Crippen LogP contribution in [0.15, 0.2) is 5.38 Å². The number of nitrogens with one attached hydrogen (secondary N) is 2. The molecule has 1 rings (SSSR count). The van der Waals surface area contributed by atoms with E-state index in [1.807, 2.05) is 0 Å². The molecule has 108 valence electrons. The predicted molar refractivity (Wildman–Crippen MR) is 74.9 cm³/mol. The first kappa shape index (κ1) is 16.1. The van der Waals surface area contributed by atoms with Crippen molar-refractivity contribution in [1.29, 1.82) is 0 Å². The van der Waals surface area contributed by atoms with Crippen LogP contribution < -0.4 is 10.6 Å². The summed E-state index contributed by atoms with van der Waals surface area (Å²) >= 11 is 1.32. The monoisotopic (exact) mass is 307 g/mol. The van der Waals surface area contributed by atoms with Crippen LogP contribution in [0, 0.1) is 0 Å². The number of hydrogen-bond donors (Lipinski definition) is 2. The number of hydrogen-bond acceptors (Lipinski definition) is 7. The van der Waals surface area contributed by atoms with Gasteiger partial charge in [0.1, 0.15) is 12.0 Å². The Morgan fingerprint density at radius 3 is 2.53 bits per heavy atom. The highest BCUT2D eigenvalue weighted by Crippen LogP contribution is 2.46. The minimum atomic E-state index is -3.27. The summed E-state index contributed by atoms with van der Waals surface area (Å²) in [6.07, 6.45) is -0.167. The van der Waals surface area contributed by atoms with E-state index in [4.69, 9.17) is 9.05 Å². The summed E-state index contributed by atoms with van der Waals surface area (Å²) in [5.74, 6) is -0.405. The Kier molecular flexibility index (Phi) is 6.44. The largest absolute Gasteiger partial charge is 0.365 e. The van der Waals surface area contributed by atoms with Crippen LogP contribution in [0.25, 0.3) is 0 Å². The van der Waals surface area contributed by atoms with Gasteiger partial charge in [-0.15, -0.1) is 11.3 Å². The first-order valence-corrected chi connectivity index (χ1v) is 8.45. The van der Waals surface area contributed by atoms with Gasteiger partial charge in [-0.1, -0.05) is 0 Å². The van der Waals surface area contributed by atoms with Crippen LogP contribution in [0.4, 0.5) is 5.13 Å². The van der Waals surface area contributed by atoms with Gasteiger partial charge in [0, 0.05) is 12.4 Å². The topological polar surface area (TPSA) is 89.5 Å². The summed E-state index contributed by atoms with van der Waals surface area (Å²) in [7, 11) is -1.54. The summed E-state index contributed by atoms with van der Waals surface area (Å²) < 4.78 is 22.3. The third kappa shape index (κ3) is 4.91. The number of carbonyl (C=O) groups is 1. The van der Waals surface area contributed by atoms with Gasteiger partial charge in [0.2, 0.25) is 0 Å². The lowest BCUT2D eigenvalue weighted by atomic mass is 10.5. The average Bonchev–Trinajstić information content (AvgIpc) is 2.85. The molecule has 2 N–H and O–H groups in total. The number of carbonyl (C=O) groups excluding carboxylic acids is 1. The van der Waals surface area contributed by atoms with E-state index in [-0.39, 0.29) is 25.2 Å². The fourth-order valence-electron chi connectivity index (χ4n) is 1.27. The summed E-state index contributed by atoms with van der Waals surface area (Å²) in [5, 5.41) is 7.61. The Balaban J connectivity index is 2.58. The molecule has 0 aliphatic carbocycles. The summed E-state index contributed by atoms with van der Waals surface area (Å²) in [6.45, 7) is 3.95. The van der Waals surface area contributed by atoms with E-state index in [0.717, 1.165) is 0 Å². The minimum absolute atomic E-state index is 0.167. The lowest BCUT2D eigenvalue weighted by molar-refractivity contribution is 0.0950. The molecule has 1 heterocycles. The van der Waals surface area contributed by atoms with Gasteiger partial charge in [-0.3, -0.25) is 9.36 Å². The Bertz CT molecular complexity index is 455. The lowest BCUT2D eigenvalue weighted by Gasteiger charge is -2.16. The molecule has 0 spiro atoms. The molecule has 0 saturated carbocycles. The lowest BCUT2D eigenvalue weighted by Crippen LogP contribution is -2.26. The van der Waals surface area contributed by atoms with Crippen molar-refractivity contribution in [2.75, 3.05) is 31.9 Å². The van der Waals surface area contributed by atoms with E-state index in [0.29, 0.717) is 5.13 Å². The van der Waals surface area contributed by atoms with Gasteiger partial charge in [-0.25, -0.2) is 4.98 Å². The highest BCUT2D eigenvalue weighted by atomic mass is 32.1. The number of nitrogens with zero attached hydrogens (tertiary/aromatic N) is 1. The molecule has 1 amide bonds. The summed E-state index contributed by atoms with van der Waals surface area (Å²) in [4.78, 5) is 15.8. The molecular weight excluding hydrogens is 289 g/mol. The summed E-state index contributed by atoms with van der Waals surface area (Å²) in [6, 6.07) is 0. The van der Waals surface area contributed by atoms with Crippen molar-refractivity contribution in [2.24, 2.45) is 0 Å². The smallest absolute Gasteiger partial charge is 0.349 e. The molecule has 0 aromatic carbocycles. The molecule has 1 aromatic heterocycles. The van der Waals surface area contributed by atoms with Gasteiger partial charge in [0.05, 0.1) is 13.2 Å². The van der Waals surface area contributed by atoms with Gasteiger partial charge in [0.25, 0.3) is 5.91 Å². The van der Waals surface area contributed by atoms with Crippen molar-refractivity contribution in [3.8, 4) is 0 Å². The predicted octanol–water partition coefficient (Wildman–Crippen LogP) is 2.14. The highest BCUT2D eigenvalue weighted by Gasteiger charge is 2.25. The van der Waals surface area contributed by atoms with Crippen LogP contribution in [-0.2, 0) is 13.6 Å². The summed E-state index contributed by atoms with van der Waals surface area (Å²) in [5.41, 5.74) is 0.272. The van der Waals surface area contributed by atoms with Crippen LogP contribution in [0.3, 0.4) is 0 Å². The zero-order valence-electron chi connectivity index (χ0n) is 11.1. The number of thiazole rings is 1. The van der Waals surface area contributed by atoms with E-state index in [2.05, 4.69) is 15.6 Å². The van der Waals surface area contributed by atoms with Crippen molar-refractivity contribution in [1.82, 2.24) is 10.3 Å². The second-order valence-corrected chi connectivity index (χ2v) is 6.31. The van der Waals surface area contributed by atoms with Crippen LogP contribution in [0.2, 0.25) is 0 Å². The molecular formula is C10H18N3O4PS. The molecule has 1 aromatic rings. The van der Waals surface area contributed by atoms with Gasteiger partial charge < -0.3 is 19.7 Å². The quantitative estimate of drug-likeness (QED) is 0.715. The first-order valence-electron chi connectivity index (χ1n) is 5.84. The molecule has 19 heavy (non-hydrogen) atoms. The molecule has 0 radical (unpaired) electrons. The van der Waals surface area contributed by atoms with Crippen LogP contribution >= 0.6 is 18.9 Å². The van der Waals surface area contributed by atoms with E-state index in [1.54, 1.807) is 26.3 Å². The van der Waals surface area contributed by atoms with Crippen LogP contribution in [0.1, 0.15) is 24.3 Å². The minimum Gasteiger partial charge on any atom is -0.365 e. The van der Waals surface area contributed by atoms with Crippen molar-refractivity contribution >= 4 is 30.0 Å². The standard InChI is InChI=1S/C10H18N3O4PS/c1-4-16-18(15,17-5-2)7-12-9(14)8-6-19-10(11-3)13-8/h6H,4-5,7H2,1-3H3,(H,11,13)(H,12,14).